The molecule has 0 saturated carbocycles. The first-order valence-electron chi connectivity index (χ1n) is 9.16. The maximum atomic E-state index is 13.0. The Morgan fingerprint density at radius 1 is 1.18 bits per heavy atom. The minimum atomic E-state index is -0.432. The summed E-state index contributed by atoms with van der Waals surface area (Å²) in [7, 11) is 1.73. The van der Waals surface area contributed by atoms with E-state index in [2.05, 4.69) is 4.98 Å². The van der Waals surface area contributed by atoms with Gasteiger partial charge < -0.3 is 9.32 Å². The maximum Gasteiger partial charge on any atom is 0.260 e. The Balaban J connectivity index is 1.62. The molecule has 0 aliphatic carbocycles. The van der Waals surface area contributed by atoms with Gasteiger partial charge in [-0.05, 0) is 43.3 Å². The maximum absolute atomic E-state index is 13.0. The number of hydrogen-bond donors (Lipinski definition) is 0. The van der Waals surface area contributed by atoms with Gasteiger partial charge in [-0.1, -0.05) is 17.7 Å². The number of carbonyl (C=O) groups excluding carboxylic acids is 2. The third-order valence-electron chi connectivity index (χ3n) is 4.99. The van der Waals surface area contributed by atoms with E-state index < -0.39 is 6.04 Å². The van der Waals surface area contributed by atoms with Crippen LogP contribution >= 0.6 is 0 Å². The molecular weight excluding hydrogens is 354 g/mol. The summed E-state index contributed by atoms with van der Waals surface area (Å²) < 4.78 is 5.33. The van der Waals surface area contributed by atoms with E-state index >= 15 is 0 Å². The van der Waals surface area contributed by atoms with Gasteiger partial charge in [-0.25, -0.2) is 0 Å². The Morgan fingerprint density at radius 3 is 2.68 bits per heavy atom. The van der Waals surface area contributed by atoms with Gasteiger partial charge in [-0.3, -0.25) is 19.5 Å². The number of nitrogens with zero attached hydrogens (tertiary/aromatic N) is 3. The molecule has 2 aromatic heterocycles. The zero-order valence-electron chi connectivity index (χ0n) is 15.8. The molecule has 1 aliphatic rings. The predicted octanol–water partition coefficient (Wildman–Crippen LogP) is 3.73. The number of pyridine rings is 1. The van der Waals surface area contributed by atoms with E-state index in [-0.39, 0.29) is 18.2 Å². The fraction of sp³-hybridized carbons (Fsp3) is 0.227. The highest BCUT2D eigenvalue weighted by Crippen LogP contribution is 2.38. The smallest absolute Gasteiger partial charge is 0.260 e. The zero-order valence-corrected chi connectivity index (χ0v) is 15.8. The van der Waals surface area contributed by atoms with Crippen molar-refractivity contribution in [1.82, 2.24) is 9.88 Å². The van der Waals surface area contributed by atoms with Gasteiger partial charge in [0.05, 0.1) is 36.5 Å². The summed E-state index contributed by atoms with van der Waals surface area (Å²) in [6, 6.07) is 14.4. The van der Waals surface area contributed by atoms with Gasteiger partial charge in [0.15, 0.2) is 0 Å². The first-order chi connectivity index (χ1) is 13.5. The summed E-state index contributed by atoms with van der Waals surface area (Å²) >= 11 is 0. The molecule has 3 aromatic rings. The normalized spacial score (nSPS) is 15.6. The van der Waals surface area contributed by atoms with Crippen LogP contribution in [0.1, 0.15) is 39.8 Å². The van der Waals surface area contributed by atoms with Crippen LogP contribution in [-0.2, 0) is 11.3 Å². The molecule has 6 heteroatoms. The molecule has 4 rings (SSSR count). The number of amides is 2. The van der Waals surface area contributed by atoms with E-state index in [1.54, 1.807) is 47.5 Å². The molecule has 3 heterocycles. The molecule has 6 nitrogen and oxygen atoms in total. The second-order valence-electron chi connectivity index (χ2n) is 7.00. The fourth-order valence-electron chi connectivity index (χ4n) is 3.49. The number of carbonyl (C=O) groups is 2. The summed E-state index contributed by atoms with van der Waals surface area (Å²) in [5, 5.41) is 0. The Morgan fingerprint density at radius 2 is 1.96 bits per heavy atom. The molecule has 0 unspecified atom stereocenters. The third-order valence-corrected chi connectivity index (χ3v) is 4.99. The van der Waals surface area contributed by atoms with Gasteiger partial charge in [0.25, 0.3) is 5.91 Å². The van der Waals surface area contributed by atoms with E-state index in [9.17, 15) is 9.59 Å². The number of benzene rings is 1. The molecule has 1 aromatic carbocycles. The van der Waals surface area contributed by atoms with Crippen molar-refractivity contribution in [2.45, 2.75) is 25.9 Å². The van der Waals surface area contributed by atoms with E-state index in [0.717, 1.165) is 11.3 Å². The Hall–Kier alpha value is -3.41. The van der Waals surface area contributed by atoms with Gasteiger partial charge in [0.1, 0.15) is 5.76 Å². The quantitative estimate of drug-likeness (QED) is 0.681. The molecule has 2 amide bonds. The van der Waals surface area contributed by atoms with Crippen LogP contribution in [0.3, 0.4) is 0 Å². The Bertz CT molecular complexity index is 996. The molecule has 1 atom stereocenters. The number of furan rings is 1. The molecule has 28 heavy (non-hydrogen) atoms. The highest BCUT2D eigenvalue weighted by atomic mass is 16.3. The molecule has 0 radical (unpaired) electrons. The number of rotatable bonds is 5. The summed E-state index contributed by atoms with van der Waals surface area (Å²) in [6.07, 6.45) is 3.40. The van der Waals surface area contributed by atoms with Crippen LogP contribution in [0.4, 0.5) is 5.69 Å². The summed E-state index contributed by atoms with van der Waals surface area (Å²) in [4.78, 5) is 33.6. The molecule has 142 valence electrons. The van der Waals surface area contributed by atoms with Crippen molar-refractivity contribution in [2.24, 2.45) is 0 Å². The summed E-state index contributed by atoms with van der Waals surface area (Å²) in [6.45, 7) is 2.38. The highest BCUT2D eigenvalue weighted by Gasteiger charge is 2.40. The molecule has 0 spiro atoms. The second kappa shape index (κ2) is 7.31. The average Bonchev–Trinajstić information content (AvgIpc) is 3.30. The molecule has 0 N–H and O–H groups in total. The van der Waals surface area contributed by atoms with Crippen LogP contribution in [0, 0.1) is 6.92 Å². The predicted molar refractivity (Wildman–Crippen MR) is 105 cm³/mol. The van der Waals surface area contributed by atoms with Crippen molar-refractivity contribution in [2.75, 3.05) is 11.9 Å². The number of fused-ring (bicyclic) bond motifs is 1. The lowest BCUT2D eigenvalue weighted by molar-refractivity contribution is -0.131. The number of aryl methyl sites for hydroxylation is 1. The average molecular weight is 375 g/mol. The first-order valence-corrected chi connectivity index (χ1v) is 9.16. The fourth-order valence-corrected chi connectivity index (χ4v) is 3.49. The Kier molecular flexibility index (Phi) is 4.69. The van der Waals surface area contributed by atoms with Crippen molar-refractivity contribution in [1.29, 1.82) is 0 Å². The largest absolute Gasteiger partial charge is 0.467 e. The van der Waals surface area contributed by atoms with Crippen LogP contribution in [-0.4, -0.2) is 28.7 Å². The molecular formula is C22H21N3O3. The SMILES string of the molecule is Cc1ccc(N2C(=O)c3cccnc3[C@H]2CC(=O)N(C)Cc2ccco2)cc1. The van der Waals surface area contributed by atoms with Gasteiger partial charge in [0.2, 0.25) is 5.91 Å². The van der Waals surface area contributed by atoms with Crippen molar-refractivity contribution in [3.8, 4) is 0 Å². The van der Waals surface area contributed by atoms with Gasteiger partial charge in [-0.15, -0.1) is 0 Å². The summed E-state index contributed by atoms with van der Waals surface area (Å²) in [5.74, 6) is 0.510. The highest BCUT2D eigenvalue weighted by molar-refractivity contribution is 6.11. The third kappa shape index (κ3) is 3.29. The van der Waals surface area contributed by atoms with E-state index in [1.165, 1.54) is 0 Å². The number of hydrogen-bond acceptors (Lipinski definition) is 4. The van der Waals surface area contributed by atoms with Crippen LogP contribution in [0.2, 0.25) is 0 Å². The number of anilines is 1. The van der Waals surface area contributed by atoms with Crippen LogP contribution in [0.15, 0.2) is 65.4 Å². The van der Waals surface area contributed by atoms with E-state index in [1.807, 2.05) is 37.3 Å². The minimum absolute atomic E-state index is 0.0789. The monoisotopic (exact) mass is 375 g/mol. The molecule has 0 bridgehead atoms. The molecule has 1 aliphatic heterocycles. The minimum Gasteiger partial charge on any atom is -0.467 e. The lowest BCUT2D eigenvalue weighted by atomic mass is 10.1. The van der Waals surface area contributed by atoms with Crippen molar-refractivity contribution >= 4 is 17.5 Å². The molecule has 0 fully saturated rings. The van der Waals surface area contributed by atoms with E-state index in [0.29, 0.717) is 23.6 Å². The van der Waals surface area contributed by atoms with Crippen LogP contribution in [0.5, 0.6) is 0 Å². The lowest BCUT2D eigenvalue weighted by Crippen LogP contribution is -2.33. The van der Waals surface area contributed by atoms with Crippen molar-refractivity contribution in [3.63, 3.8) is 0 Å². The van der Waals surface area contributed by atoms with E-state index in [4.69, 9.17) is 4.42 Å². The van der Waals surface area contributed by atoms with Crippen LogP contribution < -0.4 is 4.90 Å². The van der Waals surface area contributed by atoms with Crippen molar-refractivity contribution < 1.29 is 14.0 Å². The van der Waals surface area contributed by atoms with Gasteiger partial charge in [0, 0.05) is 18.9 Å². The van der Waals surface area contributed by atoms with Crippen LogP contribution in [0.25, 0.3) is 0 Å². The topological polar surface area (TPSA) is 66.7 Å². The van der Waals surface area contributed by atoms with Crippen molar-refractivity contribution in [3.05, 3.63) is 83.6 Å². The second-order valence-corrected chi connectivity index (χ2v) is 7.00. The lowest BCUT2D eigenvalue weighted by Gasteiger charge is -2.26. The Labute approximate surface area is 163 Å². The molecule has 0 saturated heterocycles. The summed E-state index contributed by atoms with van der Waals surface area (Å²) in [5.41, 5.74) is 3.07. The standard InChI is InChI=1S/C22H21N3O3/c1-15-7-9-16(10-8-15)25-19(21-18(22(25)27)6-3-11-23-21)13-20(26)24(2)14-17-5-4-12-28-17/h3-12,19H,13-14H2,1-2H3/t19-/m1/s1. The zero-order chi connectivity index (χ0) is 19.7. The number of aromatic nitrogens is 1. The van der Waals surface area contributed by atoms with Gasteiger partial charge in [-0.2, -0.15) is 0 Å². The van der Waals surface area contributed by atoms with Gasteiger partial charge >= 0.3 is 0 Å². The first kappa shape index (κ1) is 18.0.